The number of fused-ring (bicyclic) bond motifs is 3. The number of phenols is 1. The number of ketones is 1. The second kappa shape index (κ2) is 5.32. The van der Waals surface area contributed by atoms with Crippen LogP contribution in [0.1, 0.15) is 61.0 Å². The summed E-state index contributed by atoms with van der Waals surface area (Å²) in [6.45, 7) is 8.16. The van der Waals surface area contributed by atoms with E-state index in [1.54, 1.807) is 6.07 Å². The minimum Gasteiger partial charge on any atom is -0.507 e. The highest BCUT2D eigenvalue weighted by Crippen LogP contribution is 2.59. The predicted octanol–water partition coefficient (Wildman–Crippen LogP) is 2.77. The molecule has 126 valence electrons. The summed E-state index contributed by atoms with van der Waals surface area (Å²) in [7, 11) is 0. The molecule has 0 amide bonds. The molecule has 0 radical (unpaired) electrons. The number of carbonyl (C=O) groups excluding carboxylic acids is 1. The fraction of sp³-hybridized carbons (Fsp3) is 0.632. The van der Waals surface area contributed by atoms with Gasteiger partial charge in [-0.15, -0.1) is 0 Å². The van der Waals surface area contributed by atoms with Crippen LogP contribution < -0.4 is 0 Å². The predicted molar refractivity (Wildman–Crippen MR) is 87.6 cm³/mol. The zero-order valence-electron chi connectivity index (χ0n) is 14.2. The Morgan fingerprint density at radius 2 is 1.91 bits per heavy atom. The third kappa shape index (κ3) is 2.23. The van der Waals surface area contributed by atoms with Crippen molar-refractivity contribution in [3.63, 3.8) is 0 Å². The fourth-order valence-electron chi connectivity index (χ4n) is 4.89. The average molecular weight is 318 g/mol. The molecule has 0 spiro atoms. The maximum absolute atomic E-state index is 12.7. The largest absolute Gasteiger partial charge is 0.507 e. The van der Waals surface area contributed by atoms with Gasteiger partial charge >= 0.3 is 0 Å². The van der Waals surface area contributed by atoms with Gasteiger partial charge in [0.2, 0.25) is 0 Å². The summed E-state index contributed by atoms with van der Waals surface area (Å²) in [5.41, 5.74) is 1.32. The number of carbonyl (C=O) groups is 1. The SMILES string of the molecule is Cc1cc(O)c2c(c1)C1C(C(C)C)CCC1(C)C(O)C(O)C2=O. The van der Waals surface area contributed by atoms with Gasteiger partial charge in [0.25, 0.3) is 0 Å². The minimum atomic E-state index is -1.48. The number of hydrogen-bond acceptors (Lipinski definition) is 4. The van der Waals surface area contributed by atoms with Crippen LogP contribution in [0, 0.1) is 24.2 Å². The van der Waals surface area contributed by atoms with Crippen molar-refractivity contribution in [1.82, 2.24) is 0 Å². The summed E-state index contributed by atoms with van der Waals surface area (Å²) in [4.78, 5) is 12.7. The van der Waals surface area contributed by atoms with E-state index in [4.69, 9.17) is 0 Å². The molecule has 0 aromatic heterocycles. The summed E-state index contributed by atoms with van der Waals surface area (Å²) in [5, 5.41) is 31.5. The molecule has 0 heterocycles. The van der Waals surface area contributed by atoms with Crippen LogP contribution in [0.25, 0.3) is 0 Å². The topological polar surface area (TPSA) is 77.8 Å². The van der Waals surface area contributed by atoms with Crippen LogP contribution in [0.15, 0.2) is 12.1 Å². The summed E-state index contributed by atoms with van der Waals surface area (Å²) in [6.07, 6.45) is -0.885. The molecule has 23 heavy (non-hydrogen) atoms. The van der Waals surface area contributed by atoms with E-state index in [9.17, 15) is 20.1 Å². The van der Waals surface area contributed by atoms with Gasteiger partial charge in [-0.05, 0) is 54.7 Å². The highest BCUT2D eigenvalue weighted by Gasteiger charge is 2.56. The van der Waals surface area contributed by atoms with Crippen LogP contribution in [0.2, 0.25) is 0 Å². The molecule has 1 fully saturated rings. The molecule has 1 aromatic carbocycles. The monoisotopic (exact) mass is 318 g/mol. The number of aryl methyl sites for hydroxylation is 1. The second-order valence-corrected chi connectivity index (χ2v) is 7.93. The summed E-state index contributed by atoms with van der Waals surface area (Å²) in [5.74, 6) is 0.0139. The zero-order chi connectivity index (χ0) is 17.1. The average Bonchev–Trinajstić information content (AvgIpc) is 2.80. The molecule has 2 aliphatic carbocycles. The molecule has 0 aliphatic heterocycles. The van der Waals surface area contributed by atoms with E-state index >= 15 is 0 Å². The summed E-state index contributed by atoms with van der Waals surface area (Å²) >= 11 is 0. The molecular formula is C19H26O4. The summed E-state index contributed by atoms with van der Waals surface area (Å²) < 4.78 is 0. The Bertz CT molecular complexity index is 651. The lowest BCUT2D eigenvalue weighted by Gasteiger charge is -2.39. The van der Waals surface area contributed by atoms with E-state index < -0.39 is 23.4 Å². The third-order valence-corrected chi connectivity index (χ3v) is 6.13. The van der Waals surface area contributed by atoms with E-state index in [-0.39, 0.29) is 17.2 Å². The van der Waals surface area contributed by atoms with Crippen molar-refractivity contribution in [1.29, 1.82) is 0 Å². The quantitative estimate of drug-likeness (QED) is 0.744. The highest BCUT2D eigenvalue weighted by molar-refractivity contribution is 6.04. The van der Waals surface area contributed by atoms with Crippen molar-refractivity contribution in [2.45, 2.75) is 58.7 Å². The van der Waals surface area contributed by atoms with E-state index in [0.29, 0.717) is 11.8 Å². The van der Waals surface area contributed by atoms with Crippen LogP contribution in [0.3, 0.4) is 0 Å². The molecule has 1 aromatic rings. The van der Waals surface area contributed by atoms with Crippen LogP contribution in [0.5, 0.6) is 5.75 Å². The third-order valence-electron chi connectivity index (χ3n) is 6.13. The van der Waals surface area contributed by atoms with Crippen molar-refractivity contribution in [2.75, 3.05) is 0 Å². The first kappa shape index (κ1) is 16.5. The van der Waals surface area contributed by atoms with Gasteiger partial charge in [0.1, 0.15) is 11.9 Å². The lowest BCUT2D eigenvalue weighted by molar-refractivity contribution is -0.0493. The first-order chi connectivity index (χ1) is 10.7. The number of aliphatic hydroxyl groups excluding tert-OH is 2. The van der Waals surface area contributed by atoms with Gasteiger partial charge in [0.15, 0.2) is 5.78 Å². The van der Waals surface area contributed by atoms with Gasteiger partial charge in [-0.1, -0.05) is 26.8 Å². The maximum Gasteiger partial charge on any atom is 0.197 e. The number of aromatic hydroxyl groups is 1. The molecule has 0 bridgehead atoms. The van der Waals surface area contributed by atoms with Crippen molar-refractivity contribution in [3.8, 4) is 5.75 Å². The lowest BCUT2D eigenvalue weighted by atomic mass is 9.67. The molecule has 1 saturated carbocycles. The summed E-state index contributed by atoms with van der Waals surface area (Å²) in [6, 6.07) is 3.50. The maximum atomic E-state index is 12.7. The standard InChI is InChI=1S/C19H26O4/c1-9(2)11-5-6-19(4)15(11)12-7-10(3)8-13(20)14(12)16(21)17(22)18(19)23/h7-9,11,15,17-18,20,22-23H,5-6H2,1-4H3. The first-order valence-electron chi connectivity index (χ1n) is 8.42. The Balaban J connectivity index is 2.31. The number of aliphatic hydroxyl groups is 2. The van der Waals surface area contributed by atoms with Gasteiger partial charge in [-0.3, -0.25) is 4.79 Å². The number of phenolic OH excluding ortho intramolecular Hbond substituents is 1. The number of benzene rings is 1. The lowest BCUT2D eigenvalue weighted by Crippen LogP contribution is -2.44. The minimum absolute atomic E-state index is 0.0422. The highest BCUT2D eigenvalue weighted by atomic mass is 16.3. The molecule has 5 unspecified atom stereocenters. The van der Waals surface area contributed by atoms with E-state index in [2.05, 4.69) is 13.8 Å². The van der Waals surface area contributed by atoms with Gasteiger partial charge in [-0.2, -0.15) is 0 Å². The molecule has 4 nitrogen and oxygen atoms in total. The van der Waals surface area contributed by atoms with E-state index in [1.807, 2.05) is 19.9 Å². The zero-order valence-corrected chi connectivity index (χ0v) is 14.2. The van der Waals surface area contributed by atoms with Crippen molar-refractivity contribution in [2.24, 2.45) is 17.3 Å². The van der Waals surface area contributed by atoms with Crippen LogP contribution >= 0.6 is 0 Å². The van der Waals surface area contributed by atoms with E-state index in [0.717, 1.165) is 24.0 Å². The number of Topliss-reactive ketones (excluding diaryl/α,β-unsaturated/α-hetero) is 1. The van der Waals surface area contributed by atoms with Crippen molar-refractivity contribution >= 4 is 5.78 Å². The van der Waals surface area contributed by atoms with Gasteiger partial charge in [0, 0.05) is 5.41 Å². The molecule has 3 rings (SSSR count). The number of rotatable bonds is 1. The molecule has 2 aliphatic rings. The molecule has 5 atom stereocenters. The normalized spacial score (nSPS) is 36.7. The van der Waals surface area contributed by atoms with Crippen LogP contribution in [-0.2, 0) is 0 Å². The molecule has 0 saturated heterocycles. The second-order valence-electron chi connectivity index (χ2n) is 7.93. The Hall–Kier alpha value is -1.39. The van der Waals surface area contributed by atoms with Crippen LogP contribution in [-0.4, -0.2) is 33.3 Å². The molecular weight excluding hydrogens is 292 g/mol. The van der Waals surface area contributed by atoms with Gasteiger partial charge in [0.05, 0.1) is 11.7 Å². The Morgan fingerprint density at radius 3 is 2.52 bits per heavy atom. The van der Waals surface area contributed by atoms with E-state index in [1.165, 1.54) is 0 Å². The van der Waals surface area contributed by atoms with Crippen molar-refractivity contribution < 1.29 is 20.1 Å². The Labute approximate surface area is 137 Å². The Morgan fingerprint density at radius 1 is 1.26 bits per heavy atom. The van der Waals surface area contributed by atoms with Crippen molar-refractivity contribution in [3.05, 3.63) is 28.8 Å². The fourth-order valence-corrected chi connectivity index (χ4v) is 4.89. The Kier molecular flexibility index (Phi) is 3.81. The van der Waals surface area contributed by atoms with Crippen LogP contribution in [0.4, 0.5) is 0 Å². The number of hydrogen-bond donors (Lipinski definition) is 3. The molecule has 3 N–H and O–H groups in total. The smallest absolute Gasteiger partial charge is 0.197 e. The first-order valence-corrected chi connectivity index (χ1v) is 8.42. The van der Waals surface area contributed by atoms with Gasteiger partial charge in [-0.25, -0.2) is 0 Å². The van der Waals surface area contributed by atoms with Gasteiger partial charge < -0.3 is 15.3 Å². The molecule has 4 heteroatoms.